The zero-order valence-corrected chi connectivity index (χ0v) is 19.0. The van der Waals surface area contributed by atoms with E-state index in [1.165, 1.54) is 57.8 Å². The maximum atomic E-state index is 7.56. The smallest absolute Gasteiger partial charge is 0.319 e. The summed E-state index contributed by atoms with van der Waals surface area (Å²) >= 11 is 7.21. The largest absolute Gasteiger partial charge is 0.343 e. The van der Waals surface area contributed by atoms with Gasteiger partial charge in [-0.15, -0.1) is 0 Å². The first-order valence-corrected chi connectivity index (χ1v) is 12.6. The Morgan fingerprint density at radius 1 is 0.652 bits per heavy atom. The van der Waals surface area contributed by atoms with Crippen LogP contribution in [-0.4, -0.2) is 29.4 Å². The molecule has 0 aromatic carbocycles. The second-order valence-corrected chi connectivity index (χ2v) is 9.70. The van der Waals surface area contributed by atoms with Gasteiger partial charge in [0, 0.05) is 21.1 Å². The summed E-state index contributed by atoms with van der Waals surface area (Å²) in [6, 6.07) is 0. The second kappa shape index (κ2) is 21.8. The normalized spacial score (nSPS) is 10.6. The number of hydrogen-bond donors (Lipinski definition) is 6. The van der Waals surface area contributed by atoms with Crippen LogP contribution in [0, 0.1) is 6.92 Å². The minimum atomic E-state index is -3.81. The van der Waals surface area contributed by atoms with Gasteiger partial charge in [-0.3, -0.25) is 0 Å². The van der Waals surface area contributed by atoms with Crippen molar-refractivity contribution in [2.75, 3.05) is 0 Å². The van der Waals surface area contributed by atoms with Gasteiger partial charge in [0.1, 0.15) is 0 Å². The molecule has 0 aromatic heterocycles. The molecule has 0 unspecified atom stereocenters. The summed E-state index contributed by atoms with van der Waals surface area (Å²) in [5.41, 5.74) is 0. The first-order valence-electron chi connectivity index (χ1n) is 7.27. The molecule has 23 heavy (non-hydrogen) atoms. The predicted octanol–water partition coefficient (Wildman–Crippen LogP) is 3.11. The Bertz CT molecular complexity index is 265. The molecule has 0 bridgehead atoms. The molecule has 6 N–H and O–H groups in total. The van der Waals surface area contributed by atoms with E-state index in [9.17, 15) is 0 Å². The molecule has 0 heterocycles. The summed E-state index contributed by atoms with van der Waals surface area (Å²) in [4.78, 5) is 45.3. The Morgan fingerprint density at radius 3 is 1.09 bits per heavy atom. The summed E-state index contributed by atoms with van der Waals surface area (Å²) < 4.78 is 0. The third-order valence-electron chi connectivity index (χ3n) is 2.35. The van der Waals surface area contributed by atoms with Crippen LogP contribution in [0.2, 0.25) is 0 Å². The fraction of sp³-hybridized carbons (Fsp3) is 0.917. The first kappa shape index (κ1) is 32.4. The van der Waals surface area contributed by atoms with Crippen LogP contribution in [0.15, 0.2) is 0 Å². The van der Waals surface area contributed by atoms with Crippen LogP contribution in [-0.2, 0) is 44.7 Å². The van der Waals surface area contributed by atoms with Crippen molar-refractivity contribution in [3.63, 3.8) is 0 Å². The van der Waals surface area contributed by atoms with E-state index in [1.54, 1.807) is 0 Å². The molecule has 0 amide bonds. The van der Waals surface area contributed by atoms with Gasteiger partial charge < -0.3 is 36.3 Å². The van der Waals surface area contributed by atoms with Gasteiger partial charge in [-0.05, 0) is 23.6 Å². The topological polar surface area (TPSA) is 121 Å². The molecule has 0 atom stereocenters. The number of rotatable bonds is 9. The molecule has 0 rings (SSSR count). The zero-order chi connectivity index (χ0) is 18.1. The van der Waals surface area contributed by atoms with Gasteiger partial charge in [0.05, 0.1) is 0 Å². The summed E-state index contributed by atoms with van der Waals surface area (Å²) in [6.45, 7) is -1.50. The molecule has 0 saturated carbocycles. The Morgan fingerprint density at radius 2 is 0.870 bits per heavy atom. The monoisotopic (exact) mass is 495 g/mol. The van der Waals surface area contributed by atoms with Gasteiger partial charge in [-0.1, -0.05) is 64.7 Å². The molecule has 0 aliphatic rings. The van der Waals surface area contributed by atoms with Crippen LogP contribution >= 0.6 is 13.4 Å². The fourth-order valence-electron chi connectivity index (χ4n) is 1.49. The average molecular weight is 493 g/mol. The maximum absolute atomic E-state index is 7.56. The van der Waals surface area contributed by atoms with E-state index in [0.717, 1.165) is 6.42 Å². The van der Waals surface area contributed by atoms with Crippen molar-refractivity contribution in [3.8, 4) is 0 Å². The molecule has 0 radical (unpaired) electrons. The van der Waals surface area contributed by atoms with Gasteiger partial charge in [0.2, 0.25) is 0 Å². The Labute approximate surface area is 165 Å². The van der Waals surface area contributed by atoms with Crippen molar-refractivity contribution in [2.45, 2.75) is 71.1 Å². The summed E-state index contributed by atoms with van der Waals surface area (Å²) in [5, 5.41) is 0. The molecule has 0 aliphatic carbocycles. The standard InChI is InChI=1S/C12H25.Mo.2H3O3PS/c1-3-5-7-9-11-12-10-8-6-4-2;;2*1-4(2,3)5/h1,3-12H2,2H3;;2*(H3,1,2,3,5)/q-1;;;. The zero-order valence-electron chi connectivity index (χ0n) is 13.6. The quantitative estimate of drug-likeness (QED) is 0.126. The third kappa shape index (κ3) is 97.2. The molecular formula is C12H31MoO6P2S2-. The molecule has 0 spiro atoms. The number of hydrogen-bond acceptors (Lipinski definition) is 2. The summed E-state index contributed by atoms with van der Waals surface area (Å²) in [5.74, 6) is 0. The van der Waals surface area contributed by atoms with Crippen molar-refractivity contribution < 1.29 is 50.4 Å². The van der Waals surface area contributed by atoms with E-state index < -0.39 is 13.4 Å². The van der Waals surface area contributed by atoms with Crippen LogP contribution in [0.25, 0.3) is 0 Å². The molecular weight excluding hydrogens is 462 g/mol. The van der Waals surface area contributed by atoms with Crippen LogP contribution in [0.5, 0.6) is 0 Å². The van der Waals surface area contributed by atoms with Crippen LogP contribution in [0.4, 0.5) is 0 Å². The molecule has 144 valence electrons. The van der Waals surface area contributed by atoms with E-state index in [-0.39, 0.29) is 21.1 Å². The molecule has 6 nitrogen and oxygen atoms in total. The van der Waals surface area contributed by atoms with Gasteiger partial charge in [0.25, 0.3) is 0 Å². The molecule has 11 heteroatoms. The van der Waals surface area contributed by atoms with E-state index in [4.69, 9.17) is 29.4 Å². The van der Waals surface area contributed by atoms with Crippen LogP contribution in [0.1, 0.15) is 71.1 Å². The second-order valence-electron chi connectivity index (χ2n) is 4.71. The van der Waals surface area contributed by atoms with Crippen molar-refractivity contribution in [3.05, 3.63) is 6.92 Å². The van der Waals surface area contributed by atoms with Crippen LogP contribution in [0.3, 0.4) is 0 Å². The van der Waals surface area contributed by atoms with Gasteiger partial charge in [-0.2, -0.15) is 6.42 Å². The van der Waals surface area contributed by atoms with E-state index >= 15 is 0 Å². The molecule has 0 saturated heterocycles. The molecule has 0 aliphatic heterocycles. The van der Waals surface area contributed by atoms with Gasteiger partial charge in [-0.25, -0.2) is 0 Å². The van der Waals surface area contributed by atoms with E-state index in [1.807, 2.05) is 0 Å². The molecule has 0 fully saturated rings. The third-order valence-corrected chi connectivity index (χ3v) is 2.35. The average Bonchev–Trinajstić information content (AvgIpc) is 2.28. The Balaban J connectivity index is -0.000000137. The van der Waals surface area contributed by atoms with Crippen LogP contribution < -0.4 is 0 Å². The first-order chi connectivity index (χ1) is 9.91. The minimum Gasteiger partial charge on any atom is -0.343 e. The van der Waals surface area contributed by atoms with E-state index in [0.29, 0.717) is 0 Å². The van der Waals surface area contributed by atoms with E-state index in [2.05, 4.69) is 37.5 Å². The van der Waals surface area contributed by atoms with Crippen molar-refractivity contribution >= 4 is 37.1 Å². The predicted molar refractivity (Wildman–Crippen MR) is 99.1 cm³/mol. The summed E-state index contributed by atoms with van der Waals surface area (Å²) in [7, 11) is 0. The van der Waals surface area contributed by atoms with Crippen molar-refractivity contribution in [1.29, 1.82) is 0 Å². The Kier molecular flexibility index (Phi) is 30.7. The summed E-state index contributed by atoms with van der Waals surface area (Å²) in [6.07, 6.45) is 13.9. The SMILES string of the molecule is OP(O)(O)=S.OP(O)(O)=S.[CH2-]CCCCCCCCCCC.[Mo]. The molecule has 0 aromatic rings. The van der Waals surface area contributed by atoms with Crippen molar-refractivity contribution in [2.24, 2.45) is 0 Å². The maximum Gasteiger partial charge on any atom is 0.319 e. The van der Waals surface area contributed by atoms with Crippen molar-refractivity contribution in [1.82, 2.24) is 0 Å². The number of unbranched alkanes of at least 4 members (excludes halogenated alkanes) is 9. The Hall–Kier alpha value is 1.75. The minimum absolute atomic E-state index is 0. The van der Waals surface area contributed by atoms with Gasteiger partial charge >= 0.3 is 13.4 Å². The van der Waals surface area contributed by atoms with Gasteiger partial charge in [0.15, 0.2) is 0 Å². The fourth-order valence-corrected chi connectivity index (χ4v) is 1.49.